The third kappa shape index (κ3) is 4.68. The van der Waals surface area contributed by atoms with Crippen LogP contribution in [0, 0.1) is 6.92 Å². The molecular weight excluding hydrogens is 328 g/mol. The number of nitrogens with one attached hydrogen (secondary N) is 1. The molecule has 1 amide bonds. The Morgan fingerprint density at radius 2 is 1.85 bits per heavy atom. The van der Waals surface area contributed by atoms with Crippen molar-refractivity contribution in [2.24, 2.45) is 0 Å². The van der Waals surface area contributed by atoms with Crippen molar-refractivity contribution in [1.82, 2.24) is 4.98 Å². The molecule has 1 heterocycles. The van der Waals surface area contributed by atoms with E-state index in [2.05, 4.69) is 10.3 Å². The molecule has 0 saturated carbocycles. The van der Waals surface area contributed by atoms with Crippen LogP contribution in [0.3, 0.4) is 0 Å². The van der Waals surface area contributed by atoms with Crippen LogP contribution >= 0.6 is 0 Å². The van der Waals surface area contributed by atoms with E-state index >= 15 is 0 Å². The Morgan fingerprint density at radius 1 is 1.12 bits per heavy atom. The standard InChI is InChI=1S/C21H20N2O3/c1-15-4-6-16(7-5-15)20(24)14-26-19-10-8-17(9-11-19)21(25)23-18-3-2-12-22-13-18/h2-13,20,24H,14H2,1H3,(H,23,25). The molecular formula is C21H20N2O3. The predicted octanol–water partition coefficient (Wildman–Crippen LogP) is 3.75. The Labute approximate surface area is 152 Å². The Bertz CT molecular complexity index is 847. The lowest BCUT2D eigenvalue weighted by Crippen LogP contribution is -2.12. The van der Waals surface area contributed by atoms with E-state index in [4.69, 9.17) is 4.74 Å². The smallest absolute Gasteiger partial charge is 0.255 e. The zero-order valence-corrected chi connectivity index (χ0v) is 14.4. The van der Waals surface area contributed by atoms with Gasteiger partial charge in [-0.15, -0.1) is 0 Å². The van der Waals surface area contributed by atoms with Crippen LogP contribution in [0.5, 0.6) is 5.75 Å². The number of aryl methyl sites for hydroxylation is 1. The maximum atomic E-state index is 12.2. The van der Waals surface area contributed by atoms with Crippen LogP contribution in [0.2, 0.25) is 0 Å². The van der Waals surface area contributed by atoms with Crippen LogP contribution in [0.15, 0.2) is 73.1 Å². The number of amides is 1. The van der Waals surface area contributed by atoms with Crippen molar-refractivity contribution < 1.29 is 14.6 Å². The molecule has 0 radical (unpaired) electrons. The molecule has 1 atom stereocenters. The molecule has 2 N–H and O–H groups in total. The number of carbonyl (C=O) groups excluding carboxylic acids is 1. The lowest BCUT2D eigenvalue weighted by molar-refractivity contribution is 0.102. The summed E-state index contributed by atoms with van der Waals surface area (Å²) in [4.78, 5) is 16.1. The molecule has 132 valence electrons. The minimum atomic E-state index is -0.704. The first-order valence-corrected chi connectivity index (χ1v) is 8.31. The molecule has 2 aromatic carbocycles. The van der Waals surface area contributed by atoms with Gasteiger partial charge in [0.15, 0.2) is 0 Å². The van der Waals surface area contributed by atoms with E-state index in [1.807, 2.05) is 31.2 Å². The molecule has 1 unspecified atom stereocenters. The van der Waals surface area contributed by atoms with Crippen LogP contribution in [0.4, 0.5) is 5.69 Å². The van der Waals surface area contributed by atoms with Gasteiger partial charge < -0.3 is 15.2 Å². The van der Waals surface area contributed by atoms with E-state index < -0.39 is 6.10 Å². The van der Waals surface area contributed by atoms with Gasteiger partial charge in [-0.25, -0.2) is 0 Å². The lowest BCUT2D eigenvalue weighted by atomic mass is 10.1. The molecule has 0 fully saturated rings. The second-order valence-electron chi connectivity index (χ2n) is 5.96. The lowest BCUT2D eigenvalue weighted by Gasteiger charge is -2.13. The third-order valence-corrected chi connectivity index (χ3v) is 3.91. The zero-order chi connectivity index (χ0) is 18.4. The van der Waals surface area contributed by atoms with Crippen molar-refractivity contribution in [3.05, 3.63) is 89.7 Å². The quantitative estimate of drug-likeness (QED) is 0.712. The minimum absolute atomic E-state index is 0.143. The molecule has 0 bridgehead atoms. The van der Waals surface area contributed by atoms with Gasteiger partial charge in [-0.3, -0.25) is 9.78 Å². The van der Waals surface area contributed by atoms with Gasteiger partial charge in [-0.2, -0.15) is 0 Å². The Balaban J connectivity index is 1.55. The number of benzene rings is 2. The number of aliphatic hydroxyl groups is 1. The maximum Gasteiger partial charge on any atom is 0.255 e. The topological polar surface area (TPSA) is 71.5 Å². The molecule has 0 saturated heterocycles. The van der Waals surface area contributed by atoms with Crippen LogP contribution in [0.25, 0.3) is 0 Å². The average molecular weight is 348 g/mol. The van der Waals surface area contributed by atoms with Crippen molar-refractivity contribution in [1.29, 1.82) is 0 Å². The number of carbonyl (C=O) groups is 1. The van der Waals surface area contributed by atoms with Gasteiger partial charge in [-0.05, 0) is 48.9 Å². The van der Waals surface area contributed by atoms with Crippen molar-refractivity contribution >= 4 is 11.6 Å². The normalized spacial score (nSPS) is 11.6. The van der Waals surface area contributed by atoms with Crippen LogP contribution in [-0.4, -0.2) is 22.6 Å². The van der Waals surface area contributed by atoms with Gasteiger partial charge in [0, 0.05) is 11.8 Å². The highest BCUT2D eigenvalue weighted by Crippen LogP contribution is 2.18. The molecule has 3 aromatic rings. The molecule has 26 heavy (non-hydrogen) atoms. The number of anilines is 1. The molecule has 0 aliphatic heterocycles. The molecule has 5 nitrogen and oxygen atoms in total. The number of pyridine rings is 1. The summed E-state index contributed by atoms with van der Waals surface area (Å²) >= 11 is 0. The SMILES string of the molecule is Cc1ccc(C(O)COc2ccc(C(=O)Nc3cccnc3)cc2)cc1. The van der Waals surface area contributed by atoms with Crippen molar-refractivity contribution in [3.8, 4) is 5.75 Å². The zero-order valence-electron chi connectivity index (χ0n) is 14.4. The predicted molar refractivity (Wildman–Crippen MR) is 100 cm³/mol. The fraction of sp³-hybridized carbons (Fsp3) is 0.143. The van der Waals surface area contributed by atoms with Crippen molar-refractivity contribution in [3.63, 3.8) is 0 Å². The number of aliphatic hydroxyl groups excluding tert-OH is 1. The van der Waals surface area contributed by atoms with E-state index in [0.29, 0.717) is 17.0 Å². The summed E-state index contributed by atoms with van der Waals surface area (Å²) in [6.45, 7) is 2.14. The summed E-state index contributed by atoms with van der Waals surface area (Å²) in [6.07, 6.45) is 2.53. The molecule has 0 aliphatic rings. The van der Waals surface area contributed by atoms with E-state index in [0.717, 1.165) is 11.1 Å². The Morgan fingerprint density at radius 3 is 2.50 bits per heavy atom. The van der Waals surface area contributed by atoms with Crippen LogP contribution in [0.1, 0.15) is 27.6 Å². The Kier molecular flexibility index (Phi) is 5.61. The summed E-state index contributed by atoms with van der Waals surface area (Å²) in [6, 6.07) is 18.0. The highest BCUT2D eigenvalue weighted by molar-refractivity contribution is 6.04. The second-order valence-corrected chi connectivity index (χ2v) is 5.96. The summed E-state index contributed by atoms with van der Waals surface area (Å²) in [5, 5.41) is 13.0. The fourth-order valence-corrected chi connectivity index (χ4v) is 2.40. The van der Waals surface area contributed by atoms with Crippen molar-refractivity contribution in [2.75, 3.05) is 11.9 Å². The number of hydrogen-bond acceptors (Lipinski definition) is 4. The van der Waals surface area contributed by atoms with Gasteiger partial charge in [0.2, 0.25) is 0 Å². The molecule has 5 heteroatoms. The summed E-state index contributed by atoms with van der Waals surface area (Å²) in [5.41, 5.74) is 3.10. The summed E-state index contributed by atoms with van der Waals surface area (Å²) in [7, 11) is 0. The van der Waals surface area contributed by atoms with Gasteiger partial charge >= 0.3 is 0 Å². The van der Waals surface area contributed by atoms with E-state index in [1.54, 1.807) is 48.8 Å². The first-order chi connectivity index (χ1) is 12.6. The van der Waals surface area contributed by atoms with Gasteiger partial charge in [-0.1, -0.05) is 29.8 Å². The maximum absolute atomic E-state index is 12.2. The van der Waals surface area contributed by atoms with Crippen LogP contribution in [-0.2, 0) is 0 Å². The number of hydrogen-bond donors (Lipinski definition) is 2. The van der Waals surface area contributed by atoms with E-state index in [9.17, 15) is 9.90 Å². The number of ether oxygens (including phenoxy) is 1. The largest absolute Gasteiger partial charge is 0.491 e. The highest BCUT2D eigenvalue weighted by atomic mass is 16.5. The second kappa shape index (κ2) is 8.27. The number of aromatic nitrogens is 1. The Hall–Kier alpha value is -3.18. The summed E-state index contributed by atoms with van der Waals surface area (Å²) < 4.78 is 5.61. The molecule has 0 aliphatic carbocycles. The van der Waals surface area contributed by atoms with Gasteiger partial charge in [0.25, 0.3) is 5.91 Å². The van der Waals surface area contributed by atoms with Gasteiger partial charge in [0.1, 0.15) is 18.5 Å². The van der Waals surface area contributed by atoms with E-state index in [1.165, 1.54) is 0 Å². The molecule has 3 rings (SSSR count). The van der Waals surface area contributed by atoms with Crippen LogP contribution < -0.4 is 10.1 Å². The highest BCUT2D eigenvalue weighted by Gasteiger charge is 2.10. The monoisotopic (exact) mass is 348 g/mol. The first kappa shape index (κ1) is 17.6. The van der Waals surface area contributed by atoms with Gasteiger partial charge in [0.05, 0.1) is 11.9 Å². The third-order valence-electron chi connectivity index (χ3n) is 3.91. The minimum Gasteiger partial charge on any atom is -0.491 e. The molecule has 1 aromatic heterocycles. The molecule has 0 spiro atoms. The fourth-order valence-electron chi connectivity index (χ4n) is 2.40. The summed E-state index contributed by atoms with van der Waals surface area (Å²) in [5.74, 6) is 0.373. The first-order valence-electron chi connectivity index (χ1n) is 8.31. The van der Waals surface area contributed by atoms with E-state index in [-0.39, 0.29) is 12.5 Å². The average Bonchev–Trinajstić information content (AvgIpc) is 2.68. The number of nitrogens with zero attached hydrogens (tertiary/aromatic N) is 1. The number of rotatable bonds is 6. The van der Waals surface area contributed by atoms with Crippen molar-refractivity contribution in [2.45, 2.75) is 13.0 Å².